The molecule has 0 saturated heterocycles. The Balaban J connectivity index is 2.66. The molecule has 7 heteroatoms. The van der Waals surface area contributed by atoms with Gasteiger partial charge in [-0.25, -0.2) is 4.21 Å². The first-order valence-electron chi connectivity index (χ1n) is 7.18. The first-order valence-corrected chi connectivity index (χ1v) is 8.33. The largest absolute Gasteiger partial charge is 0.480 e. The predicted octanol–water partition coefficient (Wildman–Crippen LogP) is 2.41. The Morgan fingerprint density at radius 1 is 1.13 bits per heavy atom. The van der Waals surface area contributed by atoms with Crippen LogP contribution in [0, 0.1) is 6.92 Å². The van der Waals surface area contributed by atoms with Crippen molar-refractivity contribution in [3.8, 4) is 11.8 Å². The van der Waals surface area contributed by atoms with Gasteiger partial charge in [0.25, 0.3) is 5.88 Å². The first kappa shape index (κ1) is 17.4. The van der Waals surface area contributed by atoms with Crippen LogP contribution in [0.25, 0.3) is 0 Å². The Labute approximate surface area is 137 Å². The van der Waals surface area contributed by atoms with Crippen LogP contribution in [0.4, 0.5) is 0 Å². The lowest BCUT2D eigenvalue weighted by atomic mass is 10.1. The summed E-state index contributed by atoms with van der Waals surface area (Å²) in [7, 11) is 1.28. The predicted molar refractivity (Wildman–Crippen MR) is 86.2 cm³/mol. The van der Waals surface area contributed by atoms with Crippen LogP contribution in [0.15, 0.2) is 34.1 Å². The van der Waals surface area contributed by atoms with Crippen LogP contribution in [0.1, 0.15) is 30.6 Å². The fraction of sp³-hybridized carbons (Fsp3) is 0.375. The highest BCUT2D eigenvalue weighted by atomic mass is 32.2. The zero-order valence-electron chi connectivity index (χ0n) is 13.6. The van der Waals surface area contributed by atoms with Crippen LogP contribution < -0.4 is 9.47 Å². The van der Waals surface area contributed by atoms with Crippen molar-refractivity contribution in [3.63, 3.8) is 0 Å². The molecular weight excluding hydrogens is 316 g/mol. The highest BCUT2D eigenvalue weighted by Crippen LogP contribution is 2.37. The monoisotopic (exact) mass is 336 g/mol. The van der Waals surface area contributed by atoms with Gasteiger partial charge in [0.2, 0.25) is 5.88 Å². The summed E-state index contributed by atoms with van der Waals surface area (Å²) in [5.74, 6) is 0.267. The highest BCUT2D eigenvalue weighted by Gasteiger charge is 2.28. The van der Waals surface area contributed by atoms with Gasteiger partial charge in [0.05, 0.1) is 36.7 Å². The molecule has 0 amide bonds. The van der Waals surface area contributed by atoms with E-state index in [0.717, 1.165) is 5.56 Å². The minimum absolute atomic E-state index is 0.118. The normalized spacial score (nSPS) is 13.4. The minimum Gasteiger partial charge on any atom is -0.480 e. The topological polar surface area (TPSA) is 81.5 Å². The molecule has 0 radical (unpaired) electrons. The van der Waals surface area contributed by atoms with E-state index in [4.69, 9.17) is 9.47 Å². The van der Waals surface area contributed by atoms with Crippen LogP contribution >= 0.6 is 0 Å². The van der Waals surface area contributed by atoms with Crippen LogP contribution in [-0.4, -0.2) is 33.7 Å². The number of aliphatic hydroxyl groups is 1. The van der Waals surface area contributed by atoms with E-state index in [9.17, 15) is 9.32 Å². The van der Waals surface area contributed by atoms with Crippen LogP contribution in [-0.2, 0) is 10.8 Å². The van der Waals surface area contributed by atoms with Crippen molar-refractivity contribution in [2.24, 2.45) is 0 Å². The maximum Gasteiger partial charge on any atom is 0.250 e. The Bertz CT molecular complexity index is 704. The number of hydrogen-bond donors (Lipinski definition) is 1. The molecule has 0 unspecified atom stereocenters. The minimum atomic E-state index is -1.58. The van der Waals surface area contributed by atoms with Gasteiger partial charge in [0.15, 0.2) is 0 Å². The second kappa shape index (κ2) is 7.52. The van der Waals surface area contributed by atoms with Crippen LogP contribution in [0.2, 0.25) is 0 Å². The van der Waals surface area contributed by atoms with Gasteiger partial charge in [-0.2, -0.15) is 0 Å². The SMILES string of the molecule is CC[C@H](O)c1c(OC)nnc(OC)c1[S@](=O)c1ccc(C)cc1. The van der Waals surface area contributed by atoms with Crippen molar-refractivity contribution in [2.45, 2.75) is 36.2 Å². The lowest BCUT2D eigenvalue weighted by Crippen LogP contribution is -2.11. The molecule has 0 aliphatic carbocycles. The lowest BCUT2D eigenvalue weighted by molar-refractivity contribution is 0.163. The fourth-order valence-corrected chi connectivity index (χ4v) is 3.47. The maximum absolute atomic E-state index is 13.0. The number of aliphatic hydroxyl groups excluding tert-OH is 1. The number of methoxy groups -OCH3 is 2. The van der Waals surface area contributed by atoms with Gasteiger partial charge < -0.3 is 14.6 Å². The number of rotatable bonds is 6. The average Bonchev–Trinajstić information content (AvgIpc) is 2.59. The number of aromatic nitrogens is 2. The third kappa shape index (κ3) is 3.51. The van der Waals surface area contributed by atoms with Crippen molar-refractivity contribution in [1.29, 1.82) is 0 Å². The van der Waals surface area contributed by atoms with E-state index in [1.807, 2.05) is 26.0 Å². The van der Waals surface area contributed by atoms with Gasteiger partial charge in [-0.3, -0.25) is 0 Å². The van der Waals surface area contributed by atoms with Gasteiger partial charge in [0.1, 0.15) is 4.90 Å². The zero-order chi connectivity index (χ0) is 17.0. The summed E-state index contributed by atoms with van der Waals surface area (Å²) in [5.41, 5.74) is 1.41. The van der Waals surface area contributed by atoms with E-state index in [1.54, 1.807) is 12.1 Å². The average molecular weight is 336 g/mol. The molecular formula is C16H20N2O4S. The standard InChI is InChI=1S/C16H20N2O4S/c1-5-12(19)13-14(16(22-4)18-17-15(13)21-3)23(20)11-8-6-10(2)7-9-11/h6-9,12,19H,5H2,1-4H3/t12-,23+/m0/s1. The molecule has 2 atom stereocenters. The quantitative estimate of drug-likeness (QED) is 0.872. The van der Waals surface area contributed by atoms with E-state index >= 15 is 0 Å². The molecule has 0 fully saturated rings. The zero-order valence-corrected chi connectivity index (χ0v) is 14.4. The van der Waals surface area contributed by atoms with Crippen molar-refractivity contribution >= 4 is 10.8 Å². The molecule has 0 bridgehead atoms. The van der Waals surface area contributed by atoms with Crippen molar-refractivity contribution in [1.82, 2.24) is 10.2 Å². The summed E-state index contributed by atoms with van der Waals surface area (Å²) >= 11 is 0. The number of hydrogen-bond acceptors (Lipinski definition) is 6. The molecule has 0 aliphatic rings. The molecule has 1 aromatic heterocycles. The van der Waals surface area contributed by atoms with Gasteiger partial charge >= 0.3 is 0 Å². The van der Waals surface area contributed by atoms with Gasteiger partial charge in [-0.1, -0.05) is 24.6 Å². The van der Waals surface area contributed by atoms with E-state index in [1.165, 1.54) is 14.2 Å². The number of benzene rings is 1. The molecule has 0 spiro atoms. The molecule has 1 N–H and O–H groups in total. The third-order valence-corrected chi connectivity index (χ3v) is 4.89. The van der Waals surface area contributed by atoms with Crippen molar-refractivity contribution in [3.05, 3.63) is 35.4 Å². The molecule has 2 rings (SSSR count). The van der Waals surface area contributed by atoms with Crippen LogP contribution in [0.5, 0.6) is 11.8 Å². The molecule has 124 valence electrons. The van der Waals surface area contributed by atoms with Crippen molar-refractivity contribution < 1.29 is 18.8 Å². The molecule has 23 heavy (non-hydrogen) atoms. The summed E-state index contributed by atoms with van der Waals surface area (Å²) in [6, 6.07) is 7.31. The lowest BCUT2D eigenvalue weighted by Gasteiger charge is -2.18. The second-order valence-corrected chi connectivity index (χ2v) is 6.38. The summed E-state index contributed by atoms with van der Waals surface area (Å²) in [4.78, 5) is 0.881. The Hall–Kier alpha value is -1.99. The molecule has 2 aromatic rings. The molecule has 6 nitrogen and oxygen atoms in total. The van der Waals surface area contributed by atoms with E-state index in [2.05, 4.69) is 10.2 Å². The van der Waals surface area contributed by atoms with Crippen molar-refractivity contribution in [2.75, 3.05) is 14.2 Å². The van der Waals surface area contributed by atoms with E-state index in [-0.39, 0.29) is 16.7 Å². The second-order valence-electron chi connectivity index (χ2n) is 4.97. The smallest absolute Gasteiger partial charge is 0.250 e. The molecule has 1 aromatic carbocycles. The van der Waals surface area contributed by atoms with E-state index in [0.29, 0.717) is 16.9 Å². The molecule has 0 aliphatic heterocycles. The fourth-order valence-electron chi connectivity index (χ4n) is 2.14. The Morgan fingerprint density at radius 2 is 1.70 bits per heavy atom. The number of ether oxygens (including phenoxy) is 2. The molecule has 1 heterocycles. The van der Waals surface area contributed by atoms with Crippen LogP contribution in [0.3, 0.4) is 0 Å². The summed E-state index contributed by atoms with van der Waals surface area (Å²) in [6.07, 6.45) is -0.456. The number of aryl methyl sites for hydroxylation is 1. The summed E-state index contributed by atoms with van der Waals surface area (Å²) < 4.78 is 23.4. The maximum atomic E-state index is 13.0. The Morgan fingerprint density at radius 3 is 2.22 bits per heavy atom. The van der Waals surface area contributed by atoms with Gasteiger partial charge in [-0.15, -0.1) is 10.2 Å². The highest BCUT2D eigenvalue weighted by molar-refractivity contribution is 7.85. The summed E-state index contributed by atoms with van der Waals surface area (Å²) in [5, 5.41) is 18.1. The Kier molecular flexibility index (Phi) is 5.68. The molecule has 0 saturated carbocycles. The van der Waals surface area contributed by atoms with Gasteiger partial charge in [-0.05, 0) is 25.5 Å². The number of nitrogens with zero attached hydrogens (tertiary/aromatic N) is 2. The van der Waals surface area contributed by atoms with E-state index < -0.39 is 16.9 Å². The van der Waals surface area contributed by atoms with Gasteiger partial charge in [0, 0.05) is 4.90 Å². The first-order chi connectivity index (χ1) is 11.0. The third-order valence-electron chi connectivity index (χ3n) is 3.43. The summed E-state index contributed by atoms with van der Waals surface area (Å²) in [6.45, 7) is 3.77.